The van der Waals surface area contributed by atoms with Crippen LogP contribution in [0.5, 0.6) is 0 Å². The summed E-state index contributed by atoms with van der Waals surface area (Å²) < 4.78 is 0.879. The van der Waals surface area contributed by atoms with Crippen LogP contribution in [0, 0.1) is 0 Å². The first-order chi connectivity index (χ1) is 13.9. The standard InChI is InChI=1S/C26H46N2O/c1-5-6-7-8-9-10-11-12-13-14-18-21-26(29)27-24(2)22-28(3,4)23-25-19-16-15-17-20-25/h15-17,19-20,24H,5-14,18,21-23H2,1-4H3/p+1. The lowest BCUT2D eigenvalue weighted by Crippen LogP contribution is -2.49. The van der Waals surface area contributed by atoms with Crippen molar-refractivity contribution < 1.29 is 9.28 Å². The maximum atomic E-state index is 12.2. The number of carbonyl (C=O) groups excluding carboxylic acids is 1. The second-order valence-electron chi connectivity index (χ2n) is 9.52. The van der Waals surface area contributed by atoms with Gasteiger partial charge in [-0.15, -0.1) is 0 Å². The first-order valence-electron chi connectivity index (χ1n) is 12.1. The minimum atomic E-state index is 0.203. The molecule has 0 fully saturated rings. The van der Waals surface area contributed by atoms with Gasteiger partial charge in [-0.25, -0.2) is 0 Å². The zero-order valence-corrected chi connectivity index (χ0v) is 19.7. The van der Waals surface area contributed by atoms with Crippen molar-refractivity contribution in [2.75, 3.05) is 20.6 Å². The van der Waals surface area contributed by atoms with Crippen molar-refractivity contribution in [2.45, 2.75) is 103 Å². The Hall–Kier alpha value is -1.35. The summed E-state index contributed by atoms with van der Waals surface area (Å²) >= 11 is 0. The van der Waals surface area contributed by atoms with Crippen LogP contribution in [0.1, 0.15) is 96.5 Å². The average molecular weight is 404 g/mol. The number of carbonyl (C=O) groups is 1. The Labute approximate surface area is 180 Å². The molecule has 29 heavy (non-hydrogen) atoms. The molecule has 3 nitrogen and oxygen atoms in total. The molecule has 0 aliphatic carbocycles. The number of unbranched alkanes of at least 4 members (excludes halogenated alkanes) is 10. The predicted octanol–water partition coefficient (Wildman–Crippen LogP) is 6.47. The molecule has 0 bridgehead atoms. The van der Waals surface area contributed by atoms with Crippen LogP contribution in [0.15, 0.2) is 30.3 Å². The number of likely N-dealkylation sites (N-methyl/N-ethyl adjacent to an activating group) is 1. The molecule has 1 aromatic rings. The van der Waals surface area contributed by atoms with Gasteiger partial charge in [0.25, 0.3) is 0 Å². The minimum Gasteiger partial charge on any atom is -0.348 e. The maximum absolute atomic E-state index is 12.2. The monoisotopic (exact) mass is 403 g/mol. The Bertz CT molecular complexity index is 527. The maximum Gasteiger partial charge on any atom is 0.220 e. The molecule has 1 atom stereocenters. The van der Waals surface area contributed by atoms with E-state index >= 15 is 0 Å². The van der Waals surface area contributed by atoms with E-state index in [2.05, 4.69) is 63.6 Å². The Morgan fingerprint density at radius 1 is 0.862 bits per heavy atom. The Morgan fingerprint density at radius 2 is 1.38 bits per heavy atom. The Kier molecular flexibility index (Phi) is 13.7. The van der Waals surface area contributed by atoms with E-state index in [4.69, 9.17) is 0 Å². The van der Waals surface area contributed by atoms with Crippen LogP contribution < -0.4 is 5.32 Å². The predicted molar refractivity (Wildman–Crippen MR) is 126 cm³/mol. The topological polar surface area (TPSA) is 29.1 Å². The highest BCUT2D eigenvalue weighted by Gasteiger charge is 2.20. The van der Waals surface area contributed by atoms with Gasteiger partial charge in [-0.1, -0.05) is 101 Å². The average Bonchev–Trinajstić information content (AvgIpc) is 2.65. The number of rotatable bonds is 17. The summed E-state index contributed by atoms with van der Waals surface area (Å²) in [6, 6.07) is 10.8. The lowest BCUT2D eigenvalue weighted by atomic mass is 10.1. The molecule has 1 rings (SSSR count). The molecule has 1 N–H and O–H groups in total. The molecule has 0 radical (unpaired) electrons. The van der Waals surface area contributed by atoms with Crippen molar-refractivity contribution in [2.24, 2.45) is 0 Å². The quantitative estimate of drug-likeness (QED) is 0.234. The van der Waals surface area contributed by atoms with Gasteiger partial charge in [-0.2, -0.15) is 0 Å². The molecule has 0 aromatic heterocycles. The lowest BCUT2D eigenvalue weighted by molar-refractivity contribution is -0.904. The van der Waals surface area contributed by atoms with Crippen LogP contribution in [-0.4, -0.2) is 37.1 Å². The normalized spacial score (nSPS) is 12.7. The van der Waals surface area contributed by atoms with Gasteiger partial charge < -0.3 is 9.80 Å². The van der Waals surface area contributed by atoms with Crippen molar-refractivity contribution >= 4 is 5.91 Å². The van der Waals surface area contributed by atoms with E-state index in [0.717, 1.165) is 24.0 Å². The Morgan fingerprint density at radius 3 is 1.93 bits per heavy atom. The lowest BCUT2D eigenvalue weighted by Gasteiger charge is -2.32. The number of nitrogens with one attached hydrogen (secondary N) is 1. The molecule has 1 aromatic carbocycles. The fourth-order valence-corrected chi connectivity index (χ4v) is 4.23. The van der Waals surface area contributed by atoms with Crippen molar-refractivity contribution in [3.63, 3.8) is 0 Å². The molecule has 1 amide bonds. The van der Waals surface area contributed by atoms with Gasteiger partial charge in [0.2, 0.25) is 5.91 Å². The summed E-state index contributed by atoms with van der Waals surface area (Å²) in [5, 5.41) is 3.20. The third-order valence-electron chi connectivity index (χ3n) is 5.64. The van der Waals surface area contributed by atoms with Gasteiger partial charge in [0.1, 0.15) is 6.54 Å². The van der Waals surface area contributed by atoms with Crippen LogP contribution in [-0.2, 0) is 11.3 Å². The number of nitrogens with zero attached hydrogens (tertiary/aromatic N) is 1. The largest absolute Gasteiger partial charge is 0.348 e. The van der Waals surface area contributed by atoms with Crippen molar-refractivity contribution in [3.05, 3.63) is 35.9 Å². The van der Waals surface area contributed by atoms with Gasteiger partial charge in [0.15, 0.2) is 0 Å². The minimum absolute atomic E-state index is 0.203. The molecule has 166 valence electrons. The van der Waals surface area contributed by atoms with Gasteiger partial charge in [-0.05, 0) is 13.3 Å². The van der Waals surface area contributed by atoms with E-state index in [0.29, 0.717) is 6.42 Å². The molecule has 3 heteroatoms. The van der Waals surface area contributed by atoms with E-state index in [1.54, 1.807) is 0 Å². The first kappa shape index (κ1) is 25.7. The molecule has 0 aliphatic heterocycles. The fraction of sp³-hybridized carbons (Fsp3) is 0.731. The van der Waals surface area contributed by atoms with Crippen molar-refractivity contribution in [1.82, 2.24) is 5.32 Å². The van der Waals surface area contributed by atoms with Gasteiger partial charge in [0.05, 0.1) is 26.7 Å². The molecule has 0 saturated heterocycles. The van der Waals surface area contributed by atoms with Crippen LogP contribution in [0.25, 0.3) is 0 Å². The Balaban J connectivity index is 2.04. The summed E-state index contributed by atoms with van der Waals surface area (Å²) in [4.78, 5) is 12.2. The van der Waals surface area contributed by atoms with E-state index in [1.807, 2.05) is 0 Å². The van der Waals surface area contributed by atoms with E-state index in [9.17, 15) is 4.79 Å². The third kappa shape index (κ3) is 14.3. The molecule has 1 unspecified atom stereocenters. The number of hydrogen-bond donors (Lipinski definition) is 1. The summed E-state index contributed by atoms with van der Waals surface area (Å²) in [7, 11) is 4.47. The molecular weight excluding hydrogens is 356 g/mol. The third-order valence-corrected chi connectivity index (χ3v) is 5.64. The summed E-state index contributed by atoms with van der Waals surface area (Å²) in [6.45, 7) is 6.33. The molecule has 0 aliphatic rings. The van der Waals surface area contributed by atoms with E-state index in [1.165, 1.54) is 69.8 Å². The number of amides is 1. The molecular formula is C26H47N2O+. The molecule has 0 saturated carbocycles. The molecule has 0 heterocycles. The van der Waals surface area contributed by atoms with Gasteiger partial charge >= 0.3 is 0 Å². The highest BCUT2D eigenvalue weighted by molar-refractivity contribution is 5.76. The smallest absolute Gasteiger partial charge is 0.220 e. The highest BCUT2D eigenvalue weighted by Crippen LogP contribution is 2.12. The highest BCUT2D eigenvalue weighted by atomic mass is 16.1. The van der Waals surface area contributed by atoms with Crippen molar-refractivity contribution in [3.8, 4) is 0 Å². The fourth-order valence-electron chi connectivity index (χ4n) is 4.23. The zero-order valence-electron chi connectivity index (χ0n) is 19.7. The zero-order chi connectivity index (χ0) is 21.4. The van der Waals surface area contributed by atoms with Crippen molar-refractivity contribution in [1.29, 1.82) is 0 Å². The van der Waals surface area contributed by atoms with E-state index in [-0.39, 0.29) is 11.9 Å². The second kappa shape index (κ2) is 15.5. The summed E-state index contributed by atoms with van der Waals surface area (Å²) in [5.74, 6) is 0.216. The number of benzene rings is 1. The summed E-state index contributed by atoms with van der Waals surface area (Å²) in [5.41, 5.74) is 1.34. The summed E-state index contributed by atoms with van der Waals surface area (Å²) in [6.07, 6.45) is 15.2. The van der Waals surface area contributed by atoms with Crippen LogP contribution in [0.3, 0.4) is 0 Å². The van der Waals surface area contributed by atoms with Crippen LogP contribution in [0.2, 0.25) is 0 Å². The van der Waals surface area contributed by atoms with Crippen LogP contribution >= 0.6 is 0 Å². The van der Waals surface area contributed by atoms with E-state index < -0.39 is 0 Å². The van der Waals surface area contributed by atoms with Gasteiger partial charge in [-0.3, -0.25) is 4.79 Å². The second-order valence-corrected chi connectivity index (χ2v) is 9.52. The number of quaternary nitrogens is 1. The SMILES string of the molecule is CCCCCCCCCCCCCC(=O)NC(C)C[N+](C)(C)Cc1ccccc1. The van der Waals surface area contributed by atoms with Crippen LogP contribution in [0.4, 0.5) is 0 Å². The number of hydrogen-bond acceptors (Lipinski definition) is 1. The first-order valence-corrected chi connectivity index (χ1v) is 12.1. The van der Waals surface area contributed by atoms with Gasteiger partial charge in [0, 0.05) is 12.0 Å². The molecule has 0 spiro atoms.